The molecule has 1 aromatic rings. The van der Waals surface area contributed by atoms with Crippen molar-refractivity contribution in [2.75, 3.05) is 11.9 Å². The molecule has 2 N–H and O–H groups in total. The summed E-state index contributed by atoms with van der Waals surface area (Å²) in [5.41, 5.74) is -0.230. The van der Waals surface area contributed by atoms with Crippen LogP contribution < -0.4 is 10.9 Å². The lowest BCUT2D eigenvalue weighted by atomic mass is 9.46. The van der Waals surface area contributed by atoms with Gasteiger partial charge in [0.2, 0.25) is 0 Å². The van der Waals surface area contributed by atoms with Gasteiger partial charge in [0.1, 0.15) is 5.02 Å². The van der Waals surface area contributed by atoms with Crippen LogP contribution >= 0.6 is 11.6 Å². The number of carboxylic acids is 1. The lowest BCUT2D eigenvalue weighted by molar-refractivity contribution is -0.151. The van der Waals surface area contributed by atoms with Crippen molar-refractivity contribution in [3.05, 3.63) is 21.6 Å². The SMILES string of the molecule is CC(C)CCNc1cnn(C23C[C@H]4C[C@@H](CC(CC(=O)O)(C4)C2)C3)c(=O)c1Cl. The third kappa shape index (κ3) is 3.44. The number of nitrogens with one attached hydrogen (secondary N) is 1. The van der Waals surface area contributed by atoms with Gasteiger partial charge in [0.25, 0.3) is 5.56 Å². The van der Waals surface area contributed by atoms with Crippen molar-refractivity contribution < 1.29 is 9.90 Å². The number of anilines is 1. The third-order valence-corrected chi connectivity index (χ3v) is 7.45. The fourth-order valence-corrected chi connectivity index (χ4v) is 6.76. The Morgan fingerprint density at radius 3 is 2.64 bits per heavy atom. The maximum atomic E-state index is 13.1. The summed E-state index contributed by atoms with van der Waals surface area (Å²) in [5, 5.41) is 17.4. The molecule has 7 heteroatoms. The number of carboxylic acid groups (broad SMARTS) is 1. The molecule has 4 saturated carbocycles. The highest BCUT2D eigenvalue weighted by Gasteiger charge is 2.59. The first-order chi connectivity index (χ1) is 13.2. The Labute approximate surface area is 170 Å². The van der Waals surface area contributed by atoms with E-state index in [1.807, 2.05) is 0 Å². The van der Waals surface area contributed by atoms with Gasteiger partial charge >= 0.3 is 5.97 Å². The van der Waals surface area contributed by atoms with Crippen LogP contribution in [0.5, 0.6) is 0 Å². The molecule has 5 rings (SSSR count). The minimum Gasteiger partial charge on any atom is -0.481 e. The van der Waals surface area contributed by atoms with Crippen LogP contribution in [0.2, 0.25) is 5.02 Å². The molecule has 154 valence electrons. The predicted molar refractivity (Wildman–Crippen MR) is 109 cm³/mol. The van der Waals surface area contributed by atoms with Gasteiger partial charge in [-0.25, -0.2) is 4.68 Å². The van der Waals surface area contributed by atoms with Gasteiger partial charge < -0.3 is 10.4 Å². The lowest BCUT2D eigenvalue weighted by Crippen LogP contribution is -2.59. The summed E-state index contributed by atoms with van der Waals surface area (Å²) in [5.74, 6) is 0.797. The fraction of sp³-hybridized carbons (Fsp3) is 0.762. The van der Waals surface area contributed by atoms with Gasteiger partial charge in [-0.3, -0.25) is 9.59 Å². The van der Waals surface area contributed by atoms with Crippen LogP contribution in [0, 0.1) is 23.2 Å². The largest absolute Gasteiger partial charge is 0.481 e. The number of rotatable bonds is 7. The van der Waals surface area contributed by atoms with E-state index >= 15 is 0 Å². The van der Waals surface area contributed by atoms with Crippen LogP contribution in [-0.4, -0.2) is 27.4 Å². The molecule has 0 spiro atoms. The summed E-state index contributed by atoms with van der Waals surface area (Å²) in [7, 11) is 0. The topological polar surface area (TPSA) is 84.2 Å². The molecule has 0 aromatic carbocycles. The molecule has 0 saturated heterocycles. The van der Waals surface area contributed by atoms with Crippen LogP contribution in [0.1, 0.15) is 65.2 Å². The zero-order chi connectivity index (χ0) is 20.1. The number of carbonyl (C=O) groups is 1. The van der Waals surface area contributed by atoms with Crippen LogP contribution in [0.4, 0.5) is 5.69 Å². The summed E-state index contributed by atoms with van der Waals surface area (Å²) in [4.78, 5) is 24.7. The van der Waals surface area contributed by atoms with E-state index in [4.69, 9.17) is 11.6 Å². The van der Waals surface area contributed by atoms with Gasteiger partial charge in [0, 0.05) is 6.54 Å². The minimum absolute atomic E-state index is 0.194. The highest BCUT2D eigenvalue weighted by Crippen LogP contribution is 2.65. The van der Waals surface area contributed by atoms with Crippen molar-refractivity contribution in [1.82, 2.24) is 9.78 Å². The van der Waals surface area contributed by atoms with Gasteiger partial charge in [-0.05, 0) is 68.1 Å². The van der Waals surface area contributed by atoms with Crippen molar-refractivity contribution in [1.29, 1.82) is 0 Å². The average molecular weight is 408 g/mol. The number of nitrogens with zero attached hydrogens (tertiary/aromatic N) is 2. The zero-order valence-electron chi connectivity index (χ0n) is 16.7. The molecule has 4 fully saturated rings. The van der Waals surface area contributed by atoms with E-state index in [2.05, 4.69) is 24.3 Å². The predicted octanol–water partition coefficient (Wildman–Crippen LogP) is 4.12. The summed E-state index contributed by atoms with van der Waals surface area (Å²) in [6, 6.07) is 0. The quantitative estimate of drug-likeness (QED) is 0.710. The van der Waals surface area contributed by atoms with E-state index in [9.17, 15) is 14.7 Å². The second-order valence-electron chi connectivity index (χ2n) is 9.95. The Hall–Kier alpha value is -1.56. The molecule has 2 atom stereocenters. The Morgan fingerprint density at radius 1 is 1.36 bits per heavy atom. The Bertz CT molecular complexity index is 821. The van der Waals surface area contributed by atoms with Crippen LogP contribution in [0.25, 0.3) is 0 Å². The second-order valence-corrected chi connectivity index (χ2v) is 10.3. The molecule has 1 heterocycles. The molecule has 0 radical (unpaired) electrons. The molecule has 0 unspecified atom stereocenters. The number of hydrogen-bond acceptors (Lipinski definition) is 4. The van der Waals surface area contributed by atoms with Gasteiger partial charge in [-0.1, -0.05) is 25.4 Å². The Kier molecular flexibility index (Phi) is 4.97. The van der Waals surface area contributed by atoms with Crippen molar-refractivity contribution in [2.24, 2.45) is 23.2 Å². The van der Waals surface area contributed by atoms with Gasteiger partial charge in [-0.15, -0.1) is 0 Å². The molecule has 0 amide bonds. The van der Waals surface area contributed by atoms with E-state index in [0.29, 0.717) is 23.4 Å². The number of hydrogen-bond donors (Lipinski definition) is 2. The van der Waals surface area contributed by atoms with Crippen molar-refractivity contribution in [3.63, 3.8) is 0 Å². The molecule has 6 nitrogen and oxygen atoms in total. The summed E-state index contributed by atoms with van der Waals surface area (Å²) >= 11 is 6.44. The maximum Gasteiger partial charge on any atom is 0.303 e. The van der Waals surface area contributed by atoms with Crippen molar-refractivity contribution in [3.8, 4) is 0 Å². The van der Waals surface area contributed by atoms with Crippen LogP contribution in [-0.2, 0) is 10.3 Å². The molecular weight excluding hydrogens is 378 g/mol. The Morgan fingerprint density at radius 2 is 2.04 bits per heavy atom. The summed E-state index contributed by atoms with van der Waals surface area (Å²) in [6.45, 7) is 5.05. The number of aromatic nitrogens is 2. The van der Waals surface area contributed by atoms with Crippen LogP contribution in [0.15, 0.2) is 11.0 Å². The smallest absolute Gasteiger partial charge is 0.303 e. The highest BCUT2D eigenvalue weighted by atomic mass is 35.5. The molecule has 4 bridgehead atoms. The number of aliphatic carboxylic acids is 1. The normalized spacial score (nSPS) is 33.4. The first-order valence-electron chi connectivity index (χ1n) is 10.5. The van der Waals surface area contributed by atoms with E-state index in [-0.39, 0.29) is 28.0 Å². The zero-order valence-corrected chi connectivity index (χ0v) is 17.5. The molecule has 4 aliphatic rings. The van der Waals surface area contributed by atoms with E-state index in [1.165, 1.54) is 0 Å². The monoisotopic (exact) mass is 407 g/mol. The average Bonchev–Trinajstić information content (AvgIpc) is 2.55. The van der Waals surface area contributed by atoms with Gasteiger partial charge in [0.15, 0.2) is 0 Å². The maximum absolute atomic E-state index is 13.1. The molecule has 0 aliphatic heterocycles. The second kappa shape index (κ2) is 7.05. The number of halogens is 1. The standard InChI is InChI=1S/C21H30ClN3O3/c1-13(2)3-4-23-16-11-24-25(19(28)18(16)22)21-8-14-5-15(9-21)7-20(6-14,12-21)10-17(26)27/h11,13-15,23H,3-10,12H2,1-2H3,(H,26,27)/t14-,15-,20?,21?/m0/s1. The van der Waals surface area contributed by atoms with E-state index in [0.717, 1.165) is 51.5 Å². The first-order valence-corrected chi connectivity index (χ1v) is 10.8. The van der Waals surface area contributed by atoms with Gasteiger partial charge in [-0.2, -0.15) is 5.10 Å². The molecular formula is C21H30ClN3O3. The molecule has 4 aliphatic carbocycles. The molecule has 1 aromatic heterocycles. The molecule has 28 heavy (non-hydrogen) atoms. The Balaban J connectivity index is 1.64. The lowest BCUT2D eigenvalue weighted by Gasteiger charge is -2.61. The van der Waals surface area contributed by atoms with E-state index < -0.39 is 5.97 Å². The minimum atomic E-state index is -0.736. The van der Waals surface area contributed by atoms with Crippen molar-refractivity contribution in [2.45, 2.75) is 70.8 Å². The van der Waals surface area contributed by atoms with Gasteiger partial charge in [0.05, 0.1) is 23.8 Å². The summed E-state index contributed by atoms with van der Waals surface area (Å²) < 4.78 is 1.61. The first kappa shape index (κ1) is 19.7. The van der Waals surface area contributed by atoms with Crippen LogP contribution in [0.3, 0.4) is 0 Å². The summed E-state index contributed by atoms with van der Waals surface area (Å²) in [6.07, 6.45) is 8.49. The fourth-order valence-electron chi connectivity index (χ4n) is 6.57. The highest BCUT2D eigenvalue weighted by molar-refractivity contribution is 6.32. The van der Waals surface area contributed by atoms with E-state index in [1.54, 1.807) is 10.9 Å². The third-order valence-electron chi connectivity index (χ3n) is 7.08. The van der Waals surface area contributed by atoms with Crippen molar-refractivity contribution >= 4 is 23.3 Å².